The fourth-order valence-corrected chi connectivity index (χ4v) is 3.28. The van der Waals surface area contributed by atoms with Crippen molar-refractivity contribution in [2.75, 3.05) is 0 Å². The Bertz CT molecular complexity index is 975. The average Bonchev–Trinajstić information content (AvgIpc) is 2.81. The van der Waals surface area contributed by atoms with Crippen molar-refractivity contribution in [2.24, 2.45) is 0 Å². The molecular weight excluding hydrogens is 294 g/mol. The number of aryl methyl sites for hydroxylation is 2. The summed E-state index contributed by atoms with van der Waals surface area (Å²) in [4.78, 5) is 21.2. The van der Waals surface area contributed by atoms with E-state index in [-0.39, 0.29) is 5.56 Å². The van der Waals surface area contributed by atoms with E-state index in [2.05, 4.69) is 16.0 Å². The summed E-state index contributed by atoms with van der Waals surface area (Å²) in [6.45, 7) is 3.88. The van der Waals surface area contributed by atoms with Crippen molar-refractivity contribution in [1.29, 1.82) is 5.26 Å². The fraction of sp³-hybridized carbons (Fsp3) is 0.118. The van der Waals surface area contributed by atoms with E-state index in [0.29, 0.717) is 21.6 Å². The molecule has 0 radical (unpaired) electrons. The number of H-pyrrole nitrogens is 1. The van der Waals surface area contributed by atoms with Gasteiger partial charge in [-0.15, -0.1) is 11.3 Å². The topological polar surface area (TPSA) is 69.5 Å². The van der Waals surface area contributed by atoms with Crippen molar-refractivity contribution in [2.45, 2.75) is 13.8 Å². The number of nitrogens with zero attached hydrogens (tertiary/aromatic N) is 2. The maximum absolute atomic E-state index is 12.3. The zero-order valence-corrected chi connectivity index (χ0v) is 13.0. The number of aromatic nitrogens is 2. The van der Waals surface area contributed by atoms with Gasteiger partial charge in [-0.3, -0.25) is 4.79 Å². The zero-order valence-electron chi connectivity index (χ0n) is 12.2. The van der Waals surface area contributed by atoms with Crippen LogP contribution in [-0.4, -0.2) is 9.97 Å². The molecule has 5 heteroatoms. The molecule has 22 heavy (non-hydrogen) atoms. The molecule has 0 unspecified atom stereocenters. The summed E-state index contributed by atoms with van der Waals surface area (Å²) in [6.07, 6.45) is 1.72. The number of aromatic amines is 1. The van der Waals surface area contributed by atoms with E-state index in [9.17, 15) is 10.1 Å². The van der Waals surface area contributed by atoms with Gasteiger partial charge in [0.2, 0.25) is 0 Å². The molecule has 2 heterocycles. The van der Waals surface area contributed by atoms with Crippen molar-refractivity contribution in [1.82, 2.24) is 9.97 Å². The quantitative estimate of drug-likeness (QED) is 0.734. The summed E-state index contributed by atoms with van der Waals surface area (Å²) in [6, 6.07) is 11.6. The second-order valence-corrected chi connectivity index (χ2v) is 6.16. The summed E-state index contributed by atoms with van der Waals surface area (Å²) < 4.78 is 0. The highest BCUT2D eigenvalue weighted by molar-refractivity contribution is 7.18. The van der Waals surface area contributed by atoms with Crippen LogP contribution in [0.1, 0.15) is 21.8 Å². The molecule has 0 aliphatic rings. The van der Waals surface area contributed by atoms with E-state index < -0.39 is 0 Å². The lowest BCUT2D eigenvalue weighted by molar-refractivity contribution is 1.13. The van der Waals surface area contributed by atoms with Gasteiger partial charge in [-0.05, 0) is 31.1 Å². The van der Waals surface area contributed by atoms with Gasteiger partial charge in [0.25, 0.3) is 5.56 Å². The van der Waals surface area contributed by atoms with E-state index in [4.69, 9.17) is 0 Å². The number of hydrogen-bond donors (Lipinski definition) is 1. The largest absolute Gasteiger partial charge is 0.305 e. The van der Waals surface area contributed by atoms with Crippen LogP contribution >= 0.6 is 11.3 Å². The smallest absolute Gasteiger partial charge is 0.260 e. The molecule has 3 rings (SSSR count). The molecule has 0 fully saturated rings. The van der Waals surface area contributed by atoms with Crippen molar-refractivity contribution in [3.63, 3.8) is 0 Å². The number of nitrogens with one attached hydrogen (secondary N) is 1. The first-order valence-corrected chi connectivity index (χ1v) is 7.59. The minimum atomic E-state index is -0.198. The highest BCUT2D eigenvalue weighted by Crippen LogP contribution is 2.26. The monoisotopic (exact) mass is 307 g/mol. The normalized spacial score (nSPS) is 11.6. The Morgan fingerprint density at radius 2 is 2.05 bits per heavy atom. The Kier molecular flexibility index (Phi) is 3.61. The van der Waals surface area contributed by atoms with Crippen LogP contribution < -0.4 is 5.56 Å². The number of fused-ring (bicyclic) bond motifs is 1. The molecule has 3 aromatic rings. The third-order valence-electron chi connectivity index (χ3n) is 3.53. The molecule has 4 nitrogen and oxygen atoms in total. The second kappa shape index (κ2) is 5.58. The van der Waals surface area contributed by atoms with E-state index in [1.807, 2.05) is 44.2 Å². The maximum atomic E-state index is 12.3. The van der Waals surface area contributed by atoms with Gasteiger partial charge in [0, 0.05) is 4.88 Å². The van der Waals surface area contributed by atoms with Gasteiger partial charge in [0.05, 0.1) is 11.0 Å². The Morgan fingerprint density at radius 1 is 1.32 bits per heavy atom. The molecule has 1 N–H and O–H groups in total. The highest BCUT2D eigenvalue weighted by Gasteiger charge is 2.13. The lowest BCUT2D eigenvalue weighted by atomic mass is 10.1. The summed E-state index contributed by atoms with van der Waals surface area (Å²) in [5, 5.41) is 10.0. The van der Waals surface area contributed by atoms with Crippen LogP contribution in [0.4, 0.5) is 0 Å². The molecule has 0 spiro atoms. The second-order valence-electron chi connectivity index (χ2n) is 4.96. The van der Waals surface area contributed by atoms with Gasteiger partial charge in [-0.2, -0.15) is 5.26 Å². The maximum Gasteiger partial charge on any atom is 0.260 e. The molecule has 0 saturated carbocycles. The SMILES string of the molecule is Cc1sc2nc(C(C#N)=Cc3ccccc3)[nH]c(=O)c2c1C. The average molecular weight is 307 g/mol. The fourth-order valence-electron chi connectivity index (χ4n) is 2.25. The Hall–Kier alpha value is -2.71. The Labute approximate surface area is 131 Å². The van der Waals surface area contributed by atoms with Crippen LogP contribution in [0.5, 0.6) is 0 Å². The van der Waals surface area contributed by atoms with Gasteiger partial charge in [-0.25, -0.2) is 4.98 Å². The zero-order chi connectivity index (χ0) is 15.7. The third-order valence-corrected chi connectivity index (χ3v) is 4.63. The van der Waals surface area contributed by atoms with Crippen molar-refractivity contribution >= 4 is 33.2 Å². The number of nitriles is 1. The predicted molar refractivity (Wildman–Crippen MR) is 89.6 cm³/mol. The lowest BCUT2D eigenvalue weighted by Gasteiger charge is -2.00. The van der Waals surface area contributed by atoms with E-state index in [0.717, 1.165) is 16.0 Å². The molecule has 0 amide bonds. The number of thiophene rings is 1. The van der Waals surface area contributed by atoms with Crippen LogP contribution in [0.25, 0.3) is 21.9 Å². The third kappa shape index (κ3) is 2.45. The first-order valence-electron chi connectivity index (χ1n) is 6.77. The highest BCUT2D eigenvalue weighted by atomic mass is 32.1. The standard InChI is InChI=1S/C17H13N3OS/c1-10-11(2)22-17-14(10)16(21)19-15(20-17)13(9-18)8-12-6-4-3-5-7-12/h3-8H,1-2H3,(H,19,20,21). The molecule has 0 saturated heterocycles. The van der Waals surface area contributed by atoms with Crippen molar-refractivity contribution in [3.8, 4) is 6.07 Å². The molecule has 0 bridgehead atoms. The molecule has 0 atom stereocenters. The number of benzene rings is 1. The lowest BCUT2D eigenvalue weighted by Crippen LogP contribution is -2.10. The molecular formula is C17H13N3OS. The van der Waals surface area contributed by atoms with E-state index in [1.54, 1.807) is 6.08 Å². The summed E-state index contributed by atoms with van der Waals surface area (Å²) >= 11 is 1.47. The van der Waals surface area contributed by atoms with Crippen molar-refractivity contribution < 1.29 is 0 Å². The van der Waals surface area contributed by atoms with Crippen LogP contribution in [0.15, 0.2) is 35.1 Å². The number of allylic oxidation sites excluding steroid dienone is 1. The van der Waals surface area contributed by atoms with Gasteiger partial charge < -0.3 is 4.98 Å². The first-order chi connectivity index (χ1) is 10.6. The van der Waals surface area contributed by atoms with Crippen LogP contribution in [0.2, 0.25) is 0 Å². The first kappa shape index (κ1) is 14.2. The van der Waals surface area contributed by atoms with Crippen LogP contribution in [0, 0.1) is 25.2 Å². The molecule has 1 aromatic carbocycles. The molecule has 0 aliphatic carbocycles. The molecule has 2 aromatic heterocycles. The summed E-state index contributed by atoms with van der Waals surface area (Å²) in [7, 11) is 0. The molecule has 0 aliphatic heterocycles. The minimum absolute atomic E-state index is 0.198. The summed E-state index contributed by atoms with van der Waals surface area (Å²) in [5.41, 5.74) is 1.98. The Balaban J connectivity index is 2.19. The van der Waals surface area contributed by atoms with Gasteiger partial charge in [0.1, 0.15) is 10.9 Å². The van der Waals surface area contributed by atoms with Crippen LogP contribution in [0.3, 0.4) is 0 Å². The van der Waals surface area contributed by atoms with Crippen molar-refractivity contribution in [3.05, 3.63) is 62.5 Å². The van der Waals surface area contributed by atoms with Gasteiger partial charge in [0.15, 0.2) is 5.82 Å². The number of hydrogen-bond acceptors (Lipinski definition) is 4. The minimum Gasteiger partial charge on any atom is -0.305 e. The van der Waals surface area contributed by atoms with Gasteiger partial charge in [-0.1, -0.05) is 30.3 Å². The van der Waals surface area contributed by atoms with Crippen LogP contribution in [-0.2, 0) is 0 Å². The predicted octanol–water partition coefficient (Wildman–Crippen LogP) is 3.67. The molecule has 108 valence electrons. The number of rotatable bonds is 2. The van der Waals surface area contributed by atoms with Gasteiger partial charge >= 0.3 is 0 Å². The summed E-state index contributed by atoms with van der Waals surface area (Å²) in [5.74, 6) is 0.310. The Morgan fingerprint density at radius 3 is 2.73 bits per heavy atom. The van der Waals surface area contributed by atoms with E-state index >= 15 is 0 Å². The van der Waals surface area contributed by atoms with E-state index in [1.165, 1.54) is 11.3 Å².